The fourth-order valence-corrected chi connectivity index (χ4v) is 4.08. The molecule has 0 bridgehead atoms. The molecule has 162 valence electrons. The van der Waals surface area contributed by atoms with Crippen LogP contribution in [0.15, 0.2) is 24.3 Å². The highest BCUT2D eigenvalue weighted by atomic mass is 16.5. The van der Waals surface area contributed by atoms with Gasteiger partial charge >= 0.3 is 5.97 Å². The normalized spacial score (nSPS) is 21.6. The van der Waals surface area contributed by atoms with E-state index in [4.69, 9.17) is 4.74 Å². The van der Waals surface area contributed by atoms with Crippen molar-refractivity contribution in [1.29, 1.82) is 0 Å². The monoisotopic (exact) mass is 415 g/mol. The average molecular weight is 415 g/mol. The lowest BCUT2D eigenvalue weighted by molar-refractivity contribution is -0.161. The van der Waals surface area contributed by atoms with Crippen LogP contribution in [0.25, 0.3) is 0 Å². The Hall–Kier alpha value is -2.90. The number of hydrogen-bond donors (Lipinski definition) is 1. The second kappa shape index (κ2) is 8.08. The Morgan fingerprint density at radius 2 is 1.80 bits per heavy atom. The van der Waals surface area contributed by atoms with Gasteiger partial charge in [-0.2, -0.15) is 0 Å². The first-order valence-electron chi connectivity index (χ1n) is 10.3. The van der Waals surface area contributed by atoms with Crippen LogP contribution in [0.4, 0.5) is 5.69 Å². The maximum absolute atomic E-state index is 13.4. The maximum atomic E-state index is 13.4. The van der Waals surface area contributed by atoms with Gasteiger partial charge in [0, 0.05) is 24.9 Å². The van der Waals surface area contributed by atoms with E-state index in [1.54, 1.807) is 38.1 Å². The molecule has 30 heavy (non-hydrogen) atoms. The summed E-state index contributed by atoms with van der Waals surface area (Å²) in [5, 5.41) is 2.78. The smallest absolute Gasteiger partial charge is 0.354 e. The van der Waals surface area contributed by atoms with E-state index in [-0.39, 0.29) is 42.7 Å². The summed E-state index contributed by atoms with van der Waals surface area (Å²) >= 11 is 0. The Morgan fingerprint density at radius 1 is 1.13 bits per heavy atom. The van der Waals surface area contributed by atoms with Gasteiger partial charge in [0.1, 0.15) is 0 Å². The van der Waals surface area contributed by atoms with Crippen LogP contribution in [0.3, 0.4) is 0 Å². The minimum absolute atomic E-state index is 0.0748. The van der Waals surface area contributed by atoms with Crippen molar-refractivity contribution in [3.8, 4) is 0 Å². The fourth-order valence-electron chi connectivity index (χ4n) is 4.08. The van der Waals surface area contributed by atoms with Crippen molar-refractivity contribution in [2.75, 3.05) is 11.5 Å². The van der Waals surface area contributed by atoms with E-state index < -0.39 is 24.1 Å². The van der Waals surface area contributed by atoms with Crippen molar-refractivity contribution in [2.24, 2.45) is 5.92 Å². The number of hydrogen-bond acceptors (Lipinski definition) is 5. The minimum atomic E-state index is -1.58. The molecular weight excluding hydrogens is 386 g/mol. The van der Waals surface area contributed by atoms with Gasteiger partial charge in [-0.05, 0) is 38.8 Å². The summed E-state index contributed by atoms with van der Waals surface area (Å²) in [5.74, 6) is -1.54. The molecule has 8 heteroatoms. The molecule has 1 saturated heterocycles. The van der Waals surface area contributed by atoms with Gasteiger partial charge in [-0.25, -0.2) is 4.79 Å². The number of rotatable bonds is 6. The molecule has 3 rings (SSSR count). The number of fused-ring (bicyclic) bond motifs is 3. The van der Waals surface area contributed by atoms with Crippen molar-refractivity contribution in [2.45, 2.75) is 65.2 Å². The van der Waals surface area contributed by atoms with Gasteiger partial charge in [-0.3, -0.25) is 19.3 Å². The maximum Gasteiger partial charge on any atom is 0.354 e. The van der Waals surface area contributed by atoms with E-state index in [9.17, 15) is 19.2 Å². The number of amides is 3. The third kappa shape index (κ3) is 3.44. The van der Waals surface area contributed by atoms with Gasteiger partial charge in [-0.1, -0.05) is 26.0 Å². The van der Waals surface area contributed by atoms with Crippen LogP contribution in [-0.2, 0) is 19.1 Å². The zero-order valence-corrected chi connectivity index (χ0v) is 18.1. The summed E-state index contributed by atoms with van der Waals surface area (Å²) in [6, 6.07) is 6.32. The second-order valence-electron chi connectivity index (χ2n) is 8.51. The zero-order chi connectivity index (χ0) is 22.2. The van der Waals surface area contributed by atoms with Crippen LogP contribution in [0.2, 0.25) is 0 Å². The molecule has 2 aliphatic rings. The van der Waals surface area contributed by atoms with Crippen LogP contribution < -0.4 is 10.2 Å². The summed E-state index contributed by atoms with van der Waals surface area (Å²) < 4.78 is 5.38. The number of ether oxygens (including phenoxy) is 1. The summed E-state index contributed by atoms with van der Waals surface area (Å²) in [6.45, 7) is 8.93. The molecule has 8 nitrogen and oxygen atoms in total. The van der Waals surface area contributed by atoms with Gasteiger partial charge in [0.25, 0.3) is 11.8 Å². The largest absolute Gasteiger partial charge is 0.452 e. The SMILES string of the molecule is CC(C)[C@H](C)NC(=O)COC(=O)[C@]12CCC(=O)N1c1ccccc1C(=O)N2C(C)C. The Kier molecular flexibility index (Phi) is 5.87. The number of carbonyl (C=O) groups is 4. The van der Waals surface area contributed by atoms with Gasteiger partial charge in [0.15, 0.2) is 6.61 Å². The molecule has 0 unspecified atom stereocenters. The lowest BCUT2D eigenvalue weighted by atomic mass is 9.95. The van der Waals surface area contributed by atoms with E-state index >= 15 is 0 Å². The number of para-hydroxylation sites is 1. The zero-order valence-electron chi connectivity index (χ0n) is 18.1. The summed E-state index contributed by atoms with van der Waals surface area (Å²) in [6.07, 6.45) is 0.226. The topological polar surface area (TPSA) is 96.0 Å². The number of nitrogens with zero attached hydrogens (tertiary/aromatic N) is 2. The van der Waals surface area contributed by atoms with Gasteiger partial charge in [0.2, 0.25) is 11.6 Å². The lowest BCUT2D eigenvalue weighted by Gasteiger charge is -2.50. The number of esters is 1. The van der Waals surface area contributed by atoms with Crippen molar-refractivity contribution >= 4 is 29.4 Å². The first kappa shape index (κ1) is 21.8. The van der Waals surface area contributed by atoms with E-state index in [0.717, 1.165) is 0 Å². The van der Waals surface area contributed by atoms with E-state index in [2.05, 4.69) is 5.32 Å². The first-order chi connectivity index (χ1) is 14.1. The summed E-state index contributed by atoms with van der Waals surface area (Å²) in [4.78, 5) is 54.5. The Balaban J connectivity index is 1.94. The summed E-state index contributed by atoms with van der Waals surface area (Å²) in [7, 11) is 0. The highest BCUT2D eigenvalue weighted by Crippen LogP contribution is 2.45. The van der Waals surface area contributed by atoms with E-state index in [0.29, 0.717) is 11.3 Å². The van der Waals surface area contributed by atoms with Crippen LogP contribution in [0.5, 0.6) is 0 Å². The third-order valence-corrected chi connectivity index (χ3v) is 5.87. The Bertz CT molecular complexity index is 881. The highest BCUT2D eigenvalue weighted by molar-refractivity contribution is 6.15. The number of carbonyl (C=O) groups excluding carboxylic acids is 4. The Labute approximate surface area is 176 Å². The fraction of sp³-hybridized carbons (Fsp3) is 0.545. The molecule has 2 aliphatic heterocycles. The second-order valence-corrected chi connectivity index (χ2v) is 8.51. The van der Waals surface area contributed by atoms with Crippen LogP contribution in [0.1, 0.15) is 57.8 Å². The molecule has 1 aromatic carbocycles. The predicted octanol–water partition coefficient (Wildman–Crippen LogP) is 2.08. The summed E-state index contributed by atoms with van der Waals surface area (Å²) in [5.41, 5.74) is -0.814. The number of benzene rings is 1. The molecule has 0 spiro atoms. The van der Waals surface area contributed by atoms with Crippen LogP contribution in [-0.4, -0.2) is 52.9 Å². The molecule has 3 amide bonds. The average Bonchev–Trinajstić information content (AvgIpc) is 3.04. The standard InChI is InChI=1S/C22H29N3O5/c1-13(2)15(5)23-18(26)12-30-21(29)22-11-10-19(27)25(22)17-9-7-6-8-16(17)20(28)24(22)14(3)4/h6-9,13-15H,10-12H2,1-5H3,(H,23,26)/t15-,22-/m0/s1. The predicted molar refractivity (Wildman–Crippen MR) is 111 cm³/mol. The minimum Gasteiger partial charge on any atom is -0.452 e. The highest BCUT2D eigenvalue weighted by Gasteiger charge is 2.62. The molecule has 1 fully saturated rings. The van der Waals surface area contributed by atoms with Crippen molar-refractivity contribution in [3.05, 3.63) is 29.8 Å². The number of anilines is 1. The van der Waals surface area contributed by atoms with Crippen molar-refractivity contribution < 1.29 is 23.9 Å². The van der Waals surface area contributed by atoms with Gasteiger partial charge in [-0.15, -0.1) is 0 Å². The van der Waals surface area contributed by atoms with Crippen LogP contribution in [0, 0.1) is 5.92 Å². The molecule has 0 aromatic heterocycles. The molecule has 2 heterocycles. The van der Waals surface area contributed by atoms with Crippen molar-refractivity contribution in [1.82, 2.24) is 10.2 Å². The lowest BCUT2D eigenvalue weighted by Crippen LogP contribution is -2.70. The first-order valence-corrected chi connectivity index (χ1v) is 10.3. The molecule has 0 radical (unpaired) electrons. The molecule has 0 aliphatic carbocycles. The van der Waals surface area contributed by atoms with E-state index in [1.807, 2.05) is 20.8 Å². The molecule has 1 aromatic rings. The molecule has 0 saturated carbocycles. The van der Waals surface area contributed by atoms with Crippen LogP contribution >= 0.6 is 0 Å². The third-order valence-electron chi connectivity index (χ3n) is 5.87. The number of nitrogens with one attached hydrogen (secondary N) is 1. The molecule has 1 N–H and O–H groups in total. The quantitative estimate of drug-likeness (QED) is 0.718. The molecular formula is C22H29N3O5. The van der Waals surface area contributed by atoms with Gasteiger partial charge < -0.3 is 15.0 Å². The van der Waals surface area contributed by atoms with Crippen molar-refractivity contribution in [3.63, 3.8) is 0 Å². The molecule has 2 atom stereocenters. The Morgan fingerprint density at radius 3 is 2.43 bits per heavy atom. The van der Waals surface area contributed by atoms with Gasteiger partial charge in [0.05, 0.1) is 11.3 Å². The van der Waals surface area contributed by atoms with E-state index in [1.165, 1.54) is 9.80 Å².